The number of rotatable bonds is 3. The van der Waals surface area contributed by atoms with Crippen molar-refractivity contribution >= 4 is 11.5 Å². The molecule has 2 aromatic rings. The third kappa shape index (κ3) is 2.22. The summed E-state index contributed by atoms with van der Waals surface area (Å²) in [7, 11) is 1.93. The lowest BCUT2D eigenvalue weighted by Crippen LogP contribution is -2.17. The van der Waals surface area contributed by atoms with Gasteiger partial charge in [0.2, 0.25) is 0 Å². The van der Waals surface area contributed by atoms with Gasteiger partial charge in [0, 0.05) is 5.38 Å². The highest BCUT2D eigenvalue weighted by Crippen LogP contribution is 2.20. The van der Waals surface area contributed by atoms with Gasteiger partial charge in [-0.05, 0) is 31.1 Å². The number of benzene rings is 1. The van der Waals surface area contributed by atoms with Gasteiger partial charge in [0.15, 0.2) is 0 Å². The molecule has 0 amide bonds. The summed E-state index contributed by atoms with van der Waals surface area (Å²) in [6, 6.07) is 8.61. The van der Waals surface area contributed by atoms with Crippen LogP contribution in [0.5, 0.6) is 0 Å². The van der Waals surface area contributed by atoms with Gasteiger partial charge in [-0.2, -0.15) is 0 Å². The SMILES string of the molecule is CNC(c1ccc(C)cc1)c1csnn1. The maximum Gasteiger partial charge on any atom is 0.0970 e. The Kier molecular flexibility index (Phi) is 3.08. The van der Waals surface area contributed by atoms with E-state index in [1.54, 1.807) is 0 Å². The summed E-state index contributed by atoms with van der Waals surface area (Å²) < 4.78 is 3.89. The zero-order valence-corrected chi connectivity index (χ0v) is 9.58. The van der Waals surface area contributed by atoms with E-state index in [9.17, 15) is 0 Å². The fraction of sp³-hybridized carbons (Fsp3) is 0.273. The minimum absolute atomic E-state index is 0.143. The van der Waals surface area contributed by atoms with Crippen molar-refractivity contribution in [3.63, 3.8) is 0 Å². The molecule has 0 aliphatic heterocycles. The van der Waals surface area contributed by atoms with Crippen LogP contribution >= 0.6 is 11.5 Å². The first-order chi connectivity index (χ1) is 7.31. The third-order valence-corrected chi connectivity index (χ3v) is 2.89. The zero-order chi connectivity index (χ0) is 10.7. The molecule has 1 atom stereocenters. The molecule has 0 saturated heterocycles. The van der Waals surface area contributed by atoms with Gasteiger partial charge in [0.05, 0.1) is 11.7 Å². The first-order valence-corrected chi connectivity index (χ1v) is 5.65. The second-order valence-corrected chi connectivity index (χ2v) is 4.07. The van der Waals surface area contributed by atoms with Crippen LogP contribution < -0.4 is 5.32 Å². The largest absolute Gasteiger partial charge is 0.308 e. The molecular weight excluding hydrogens is 206 g/mol. The minimum atomic E-state index is 0.143. The van der Waals surface area contributed by atoms with E-state index in [-0.39, 0.29) is 6.04 Å². The third-order valence-electron chi connectivity index (χ3n) is 2.37. The maximum atomic E-state index is 4.09. The van der Waals surface area contributed by atoms with Crippen LogP contribution in [0.15, 0.2) is 29.6 Å². The number of hydrogen-bond acceptors (Lipinski definition) is 4. The second kappa shape index (κ2) is 4.51. The lowest BCUT2D eigenvalue weighted by molar-refractivity contribution is 0.668. The van der Waals surface area contributed by atoms with Crippen molar-refractivity contribution in [2.24, 2.45) is 0 Å². The Morgan fingerprint density at radius 2 is 2.00 bits per heavy atom. The first kappa shape index (κ1) is 10.3. The Labute approximate surface area is 93.3 Å². The van der Waals surface area contributed by atoms with Crippen LogP contribution in [0.25, 0.3) is 0 Å². The highest BCUT2D eigenvalue weighted by atomic mass is 32.1. The molecule has 1 aromatic heterocycles. The van der Waals surface area contributed by atoms with Crippen molar-refractivity contribution < 1.29 is 0 Å². The van der Waals surface area contributed by atoms with Crippen LogP contribution in [0.2, 0.25) is 0 Å². The molecule has 1 aromatic carbocycles. The van der Waals surface area contributed by atoms with Crippen LogP contribution in [0.3, 0.4) is 0 Å². The summed E-state index contributed by atoms with van der Waals surface area (Å²) in [5, 5.41) is 9.31. The van der Waals surface area contributed by atoms with Crippen LogP contribution in [0.4, 0.5) is 0 Å². The monoisotopic (exact) mass is 219 g/mol. The van der Waals surface area contributed by atoms with Gasteiger partial charge in [-0.25, -0.2) is 0 Å². The molecule has 0 saturated carbocycles. The van der Waals surface area contributed by atoms with E-state index in [2.05, 4.69) is 46.1 Å². The zero-order valence-electron chi connectivity index (χ0n) is 8.77. The van der Waals surface area contributed by atoms with E-state index < -0.39 is 0 Å². The number of nitrogens with zero attached hydrogens (tertiary/aromatic N) is 2. The summed E-state index contributed by atoms with van der Waals surface area (Å²) in [5.41, 5.74) is 3.46. The molecule has 1 N–H and O–H groups in total. The number of aromatic nitrogens is 2. The standard InChI is InChI=1S/C11H13N3S/c1-8-3-5-9(6-4-8)11(12-2)10-7-15-14-13-10/h3-7,11-12H,1-2H3. The molecule has 0 spiro atoms. The molecule has 15 heavy (non-hydrogen) atoms. The molecular formula is C11H13N3S. The lowest BCUT2D eigenvalue weighted by Gasteiger charge is -2.13. The minimum Gasteiger partial charge on any atom is -0.308 e. The van der Waals surface area contributed by atoms with E-state index in [0.717, 1.165) is 5.69 Å². The quantitative estimate of drug-likeness (QED) is 0.859. The molecule has 0 aliphatic rings. The Bertz CT molecular complexity index is 408. The van der Waals surface area contributed by atoms with Gasteiger partial charge < -0.3 is 5.32 Å². The molecule has 0 fully saturated rings. The van der Waals surface area contributed by atoms with Gasteiger partial charge in [0.25, 0.3) is 0 Å². The van der Waals surface area contributed by atoms with E-state index in [0.29, 0.717) is 0 Å². The Balaban J connectivity index is 2.31. The summed E-state index contributed by atoms with van der Waals surface area (Å²) >= 11 is 1.38. The predicted octanol–water partition coefficient (Wildman–Crippen LogP) is 2.16. The maximum absolute atomic E-state index is 4.09. The Morgan fingerprint density at radius 3 is 2.53 bits per heavy atom. The Hall–Kier alpha value is -1.26. The van der Waals surface area contributed by atoms with Gasteiger partial charge in [-0.1, -0.05) is 34.3 Å². The molecule has 1 heterocycles. The number of aryl methyl sites for hydroxylation is 1. The molecule has 2 rings (SSSR count). The molecule has 0 aliphatic carbocycles. The van der Waals surface area contributed by atoms with Gasteiger partial charge in [-0.15, -0.1) is 5.10 Å². The molecule has 0 bridgehead atoms. The highest BCUT2D eigenvalue weighted by molar-refractivity contribution is 7.03. The van der Waals surface area contributed by atoms with Crippen molar-refractivity contribution in [1.29, 1.82) is 0 Å². The van der Waals surface area contributed by atoms with Crippen molar-refractivity contribution in [2.45, 2.75) is 13.0 Å². The van der Waals surface area contributed by atoms with E-state index in [1.807, 2.05) is 12.4 Å². The van der Waals surface area contributed by atoms with Gasteiger partial charge in [-0.3, -0.25) is 0 Å². The fourth-order valence-corrected chi connectivity index (χ4v) is 2.02. The number of nitrogens with one attached hydrogen (secondary N) is 1. The van der Waals surface area contributed by atoms with Crippen molar-refractivity contribution in [1.82, 2.24) is 14.9 Å². The van der Waals surface area contributed by atoms with Crippen LogP contribution in [-0.4, -0.2) is 16.6 Å². The van der Waals surface area contributed by atoms with E-state index in [4.69, 9.17) is 0 Å². The molecule has 1 unspecified atom stereocenters. The molecule has 4 heteroatoms. The van der Waals surface area contributed by atoms with E-state index >= 15 is 0 Å². The average Bonchev–Trinajstić information content (AvgIpc) is 2.75. The van der Waals surface area contributed by atoms with Crippen molar-refractivity contribution in [3.05, 3.63) is 46.5 Å². The average molecular weight is 219 g/mol. The second-order valence-electron chi connectivity index (χ2n) is 3.46. The lowest BCUT2D eigenvalue weighted by atomic mass is 10.0. The highest BCUT2D eigenvalue weighted by Gasteiger charge is 2.13. The van der Waals surface area contributed by atoms with Crippen LogP contribution in [-0.2, 0) is 0 Å². The van der Waals surface area contributed by atoms with Crippen LogP contribution in [0, 0.1) is 6.92 Å². The van der Waals surface area contributed by atoms with Gasteiger partial charge in [0.1, 0.15) is 0 Å². The number of hydrogen-bond donors (Lipinski definition) is 1. The first-order valence-electron chi connectivity index (χ1n) is 4.82. The Morgan fingerprint density at radius 1 is 1.27 bits per heavy atom. The molecule has 3 nitrogen and oxygen atoms in total. The van der Waals surface area contributed by atoms with Gasteiger partial charge >= 0.3 is 0 Å². The van der Waals surface area contributed by atoms with Crippen molar-refractivity contribution in [3.8, 4) is 0 Å². The normalized spacial score (nSPS) is 12.7. The molecule has 0 radical (unpaired) electrons. The summed E-state index contributed by atoms with van der Waals surface area (Å²) in [4.78, 5) is 0. The van der Waals surface area contributed by atoms with Crippen LogP contribution in [0.1, 0.15) is 22.9 Å². The molecule has 78 valence electrons. The predicted molar refractivity (Wildman–Crippen MR) is 62.0 cm³/mol. The van der Waals surface area contributed by atoms with Crippen molar-refractivity contribution in [2.75, 3.05) is 7.05 Å². The summed E-state index contributed by atoms with van der Waals surface area (Å²) in [6.07, 6.45) is 0. The fourth-order valence-electron chi connectivity index (χ4n) is 1.54. The smallest absolute Gasteiger partial charge is 0.0970 e. The topological polar surface area (TPSA) is 37.8 Å². The summed E-state index contributed by atoms with van der Waals surface area (Å²) in [5.74, 6) is 0. The summed E-state index contributed by atoms with van der Waals surface area (Å²) in [6.45, 7) is 2.09. The van der Waals surface area contributed by atoms with E-state index in [1.165, 1.54) is 22.7 Å².